The Hall–Kier alpha value is -0.380. The molecule has 3 heteroatoms. The lowest BCUT2D eigenvalue weighted by molar-refractivity contribution is -0.258. The molecule has 0 saturated heterocycles. The summed E-state index contributed by atoms with van der Waals surface area (Å²) in [5, 5.41) is 20.0. The van der Waals surface area contributed by atoms with Crippen molar-refractivity contribution < 1.29 is 14.9 Å². The Morgan fingerprint density at radius 3 is 2.38 bits per heavy atom. The van der Waals surface area contributed by atoms with Gasteiger partial charge in [0.1, 0.15) is 0 Å². The third-order valence-corrected chi connectivity index (χ3v) is 4.55. The van der Waals surface area contributed by atoms with Crippen LogP contribution >= 0.6 is 0 Å². The van der Waals surface area contributed by atoms with Crippen molar-refractivity contribution in [2.45, 2.75) is 56.0 Å². The van der Waals surface area contributed by atoms with E-state index in [0.29, 0.717) is 18.3 Å². The molecule has 4 saturated carbocycles. The molecule has 3 nitrogen and oxygen atoms in total. The highest BCUT2D eigenvalue weighted by Gasteiger charge is 2.58. The number of aliphatic hydroxyl groups excluding tert-OH is 1. The lowest BCUT2D eigenvalue weighted by Gasteiger charge is -2.59. The summed E-state index contributed by atoms with van der Waals surface area (Å²) < 4.78 is 5.74. The highest BCUT2D eigenvalue weighted by molar-refractivity contribution is 5.10. The van der Waals surface area contributed by atoms with Crippen LogP contribution in [0.15, 0.2) is 12.7 Å². The summed E-state index contributed by atoms with van der Waals surface area (Å²) in [7, 11) is 0. The van der Waals surface area contributed by atoms with Crippen LogP contribution in [0, 0.1) is 11.8 Å². The Kier molecular flexibility index (Phi) is 2.23. The molecule has 2 N–H and O–H groups in total. The van der Waals surface area contributed by atoms with Crippen LogP contribution in [0.5, 0.6) is 0 Å². The molecule has 0 aromatic carbocycles. The number of aliphatic hydroxyl groups is 2. The smallest absolute Gasteiger partial charge is 0.174 e. The van der Waals surface area contributed by atoms with Crippen LogP contribution in [0.4, 0.5) is 0 Å². The summed E-state index contributed by atoms with van der Waals surface area (Å²) in [5.74, 6) is 1.17. The minimum absolute atomic E-state index is 0.285. The molecule has 0 aromatic rings. The molecular weight excluding hydrogens is 204 g/mol. The van der Waals surface area contributed by atoms with Gasteiger partial charge in [0.05, 0.1) is 11.2 Å². The van der Waals surface area contributed by atoms with E-state index in [1.807, 2.05) is 0 Å². The molecule has 3 atom stereocenters. The van der Waals surface area contributed by atoms with Gasteiger partial charge in [-0.25, -0.2) is 0 Å². The molecule has 0 aliphatic heterocycles. The summed E-state index contributed by atoms with van der Waals surface area (Å²) in [6, 6.07) is 0. The van der Waals surface area contributed by atoms with Gasteiger partial charge in [0.2, 0.25) is 0 Å². The lowest BCUT2D eigenvalue weighted by atomic mass is 9.52. The van der Waals surface area contributed by atoms with Crippen molar-refractivity contribution in [1.82, 2.24) is 0 Å². The molecule has 4 rings (SSSR count). The molecular formula is C13H20O3. The summed E-state index contributed by atoms with van der Waals surface area (Å²) in [6.45, 7) is 3.54. The predicted molar refractivity (Wildman–Crippen MR) is 59.7 cm³/mol. The van der Waals surface area contributed by atoms with E-state index in [4.69, 9.17) is 4.74 Å². The SMILES string of the molecule is C=CC(O)OC12CC3CC(CC(O)(C3)C1)C2. The number of ether oxygens (including phenoxy) is 1. The fourth-order valence-electron chi connectivity index (χ4n) is 4.57. The van der Waals surface area contributed by atoms with Crippen molar-refractivity contribution in [1.29, 1.82) is 0 Å². The highest BCUT2D eigenvalue weighted by Crippen LogP contribution is 2.59. The maximum Gasteiger partial charge on any atom is 0.174 e. The molecule has 4 fully saturated rings. The summed E-state index contributed by atoms with van der Waals surface area (Å²) in [6.07, 6.45) is 6.31. The lowest BCUT2D eigenvalue weighted by Crippen LogP contribution is -2.60. The molecule has 4 aliphatic carbocycles. The Balaban J connectivity index is 1.83. The van der Waals surface area contributed by atoms with Gasteiger partial charge in [0.15, 0.2) is 6.29 Å². The van der Waals surface area contributed by atoms with Gasteiger partial charge >= 0.3 is 0 Å². The van der Waals surface area contributed by atoms with Crippen LogP contribution in [-0.2, 0) is 4.74 Å². The van der Waals surface area contributed by atoms with Crippen LogP contribution in [0.1, 0.15) is 38.5 Å². The molecule has 90 valence electrons. The van der Waals surface area contributed by atoms with E-state index in [9.17, 15) is 10.2 Å². The van der Waals surface area contributed by atoms with E-state index in [2.05, 4.69) is 6.58 Å². The molecule has 0 heterocycles. The second-order valence-corrected chi connectivity index (χ2v) is 6.11. The zero-order valence-electron chi connectivity index (χ0n) is 9.56. The van der Waals surface area contributed by atoms with Gasteiger partial charge in [0, 0.05) is 6.42 Å². The Morgan fingerprint density at radius 1 is 1.25 bits per heavy atom. The van der Waals surface area contributed by atoms with E-state index in [1.165, 1.54) is 12.5 Å². The van der Waals surface area contributed by atoms with E-state index < -0.39 is 11.9 Å². The number of rotatable bonds is 3. The van der Waals surface area contributed by atoms with Gasteiger partial charge in [-0.3, -0.25) is 0 Å². The minimum atomic E-state index is -0.889. The van der Waals surface area contributed by atoms with Crippen LogP contribution in [0.2, 0.25) is 0 Å². The van der Waals surface area contributed by atoms with Gasteiger partial charge in [-0.1, -0.05) is 6.58 Å². The fraction of sp³-hybridized carbons (Fsp3) is 0.846. The van der Waals surface area contributed by atoms with Gasteiger partial charge in [-0.05, 0) is 50.0 Å². The Bertz CT molecular complexity index is 298. The van der Waals surface area contributed by atoms with Gasteiger partial charge in [-0.15, -0.1) is 0 Å². The molecule has 3 unspecified atom stereocenters. The summed E-state index contributed by atoms with van der Waals surface area (Å²) in [4.78, 5) is 0. The first-order valence-corrected chi connectivity index (χ1v) is 6.23. The second kappa shape index (κ2) is 3.31. The molecule has 16 heavy (non-hydrogen) atoms. The van der Waals surface area contributed by atoms with Crippen molar-refractivity contribution in [3.05, 3.63) is 12.7 Å². The first-order valence-electron chi connectivity index (χ1n) is 6.23. The zero-order valence-corrected chi connectivity index (χ0v) is 9.56. The van der Waals surface area contributed by atoms with Gasteiger partial charge < -0.3 is 14.9 Å². The van der Waals surface area contributed by atoms with Crippen molar-refractivity contribution >= 4 is 0 Å². The van der Waals surface area contributed by atoms with Crippen LogP contribution in [-0.4, -0.2) is 27.7 Å². The van der Waals surface area contributed by atoms with E-state index in [0.717, 1.165) is 25.7 Å². The van der Waals surface area contributed by atoms with E-state index in [1.54, 1.807) is 0 Å². The van der Waals surface area contributed by atoms with Crippen LogP contribution in [0.25, 0.3) is 0 Å². The standard InChI is InChI=1S/C13H20O3/c1-2-11(14)16-13-6-9-3-10(7-13)5-12(15,4-9)8-13/h2,9-11,14-15H,1,3-8H2. The first-order chi connectivity index (χ1) is 7.53. The molecule has 0 aromatic heterocycles. The third kappa shape index (κ3) is 1.62. The third-order valence-electron chi connectivity index (χ3n) is 4.55. The quantitative estimate of drug-likeness (QED) is 0.565. The minimum Gasteiger partial charge on any atom is -0.390 e. The number of hydrogen-bond acceptors (Lipinski definition) is 3. The van der Waals surface area contributed by atoms with Gasteiger partial charge in [-0.2, -0.15) is 0 Å². The molecule has 4 aliphatic rings. The van der Waals surface area contributed by atoms with Crippen molar-refractivity contribution in [2.24, 2.45) is 11.8 Å². The largest absolute Gasteiger partial charge is 0.390 e. The van der Waals surface area contributed by atoms with Crippen molar-refractivity contribution in [3.63, 3.8) is 0 Å². The normalized spacial score (nSPS) is 51.6. The maximum atomic E-state index is 10.5. The van der Waals surface area contributed by atoms with Crippen molar-refractivity contribution in [3.8, 4) is 0 Å². The monoisotopic (exact) mass is 224 g/mol. The average molecular weight is 224 g/mol. The van der Waals surface area contributed by atoms with Gasteiger partial charge in [0.25, 0.3) is 0 Å². The molecule has 0 amide bonds. The Morgan fingerprint density at radius 2 is 1.88 bits per heavy atom. The molecule has 0 radical (unpaired) electrons. The molecule has 0 spiro atoms. The summed E-state index contributed by atoms with van der Waals surface area (Å²) in [5.41, 5.74) is -0.808. The van der Waals surface area contributed by atoms with Crippen molar-refractivity contribution in [2.75, 3.05) is 0 Å². The maximum absolute atomic E-state index is 10.5. The van der Waals surface area contributed by atoms with Crippen LogP contribution in [0.3, 0.4) is 0 Å². The topological polar surface area (TPSA) is 49.7 Å². The predicted octanol–water partition coefficient (Wildman–Crippen LogP) is 1.59. The van der Waals surface area contributed by atoms with E-state index in [-0.39, 0.29) is 5.60 Å². The molecule has 4 bridgehead atoms. The zero-order chi connectivity index (χ0) is 11.4. The van der Waals surface area contributed by atoms with Crippen LogP contribution < -0.4 is 0 Å². The second-order valence-electron chi connectivity index (χ2n) is 6.11. The number of hydrogen-bond donors (Lipinski definition) is 2. The average Bonchev–Trinajstić information content (AvgIpc) is 2.12. The fourth-order valence-corrected chi connectivity index (χ4v) is 4.57. The van der Waals surface area contributed by atoms with E-state index >= 15 is 0 Å². The first kappa shape index (κ1) is 10.8. The summed E-state index contributed by atoms with van der Waals surface area (Å²) >= 11 is 0. The Labute approximate surface area is 96.1 Å². The highest BCUT2D eigenvalue weighted by atomic mass is 16.6.